The number of rotatable bonds is 2. The minimum atomic E-state index is -0.647. The van der Waals surface area contributed by atoms with Crippen LogP contribution in [-0.4, -0.2) is 11.1 Å². The highest BCUT2D eigenvalue weighted by molar-refractivity contribution is 5.70. The maximum Gasteiger partial charge on any atom is 0.306 e. The van der Waals surface area contributed by atoms with E-state index in [2.05, 4.69) is 13.8 Å². The van der Waals surface area contributed by atoms with Crippen molar-refractivity contribution in [3.63, 3.8) is 0 Å². The fourth-order valence-corrected chi connectivity index (χ4v) is 2.29. The van der Waals surface area contributed by atoms with Crippen molar-refractivity contribution in [2.75, 3.05) is 0 Å². The van der Waals surface area contributed by atoms with E-state index < -0.39 is 5.97 Å². The van der Waals surface area contributed by atoms with E-state index in [9.17, 15) is 4.79 Å². The molecule has 2 heteroatoms. The minimum Gasteiger partial charge on any atom is -0.481 e. The van der Waals surface area contributed by atoms with Crippen LogP contribution in [0.3, 0.4) is 0 Å². The summed E-state index contributed by atoms with van der Waals surface area (Å²) in [6, 6.07) is 0. The largest absolute Gasteiger partial charge is 0.481 e. The molecular weight excluding hydrogens is 152 g/mol. The summed E-state index contributed by atoms with van der Waals surface area (Å²) in [4.78, 5) is 10.8. The van der Waals surface area contributed by atoms with Crippen LogP contribution in [0.4, 0.5) is 0 Å². The molecule has 0 bridgehead atoms. The molecule has 3 unspecified atom stereocenters. The van der Waals surface area contributed by atoms with Crippen molar-refractivity contribution >= 4 is 5.97 Å². The molecule has 0 aromatic rings. The number of carbonyl (C=O) groups is 1. The average Bonchev–Trinajstić information content (AvgIpc) is 2.32. The van der Waals surface area contributed by atoms with Crippen molar-refractivity contribution in [3.8, 4) is 0 Å². The molecular formula is C10H18O2. The third-order valence-corrected chi connectivity index (χ3v) is 3.84. The Balaban J connectivity index is 2.76. The van der Waals surface area contributed by atoms with Crippen LogP contribution in [0.15, 0.2) is 0 Å². The van der Waals surface area contributed by atoms with Gasteiger partial charge in [0.1, 0.15) is 0 Å². The lowest BCUT2D eigenvalue weighted by Crippen LogP contribution is -2.33. The van der Waals surface area contributed by atoms with E-state index in [0.717, 1.165) is 6.42 Å². The van der Waals surface area contributed by atoms with Crippen molar-refractivity contribution in [3.05, 3.63) is 0 Å². The summed E-state index contributed by atoms with van der Waals surface area (Å²) in [6.07, 6.45) is 3.45. The summed E-state index contributed by atoms with van der Waals surface area (Å²) in [5, 5.41) is 8.93. The molecule has 0 aliphatic heterocycles. The van der Waals surface area contributed by atoms with Gasteiger partial charge in [-0.25, -0.2) is 0 Å². The van der Waals surface area contributed by atoms with E-state index in [0.29, 0.717) is 5.92 Å². The molecule has 1 saturated carbocycles. The van der Waals surface area contributed by atoms with Gasteiger partial charge in [-0.1, -0.05) is 33.6 Å². The first-order valence-electron chi connectivity index (χ1n) is 4.71. The van der Waals surface area contributed by atoms with Gasteiger partial charge in [0, 0.05) is 0 Å². The molecule has 2 nitrogen and oxygen atoms in total. The number of carboxylic acids is 1. The lowest BCUT2D eigenvalue weighted by molar-refractivity contribution is -0.146. The van der Waals surface area contributed by atoms with Crippen LogP contribution in [0.1, 0.15) is 40.0 Å². The topological polar surface area (TPSA) is 37.3 Å². The van der Waals surface area contributed by atoms with Crippen molar-refractivity contribution in [2.45, 2.75) is 40.0 Å². The fraction of sp³-hybridized carbons (Fsp3) is 0.900. The Bertz CT molecular complexity index is 188. The molecule has 0 saturated heterocycles. The Labute approximate surface area is 74.0 Å². The Kier molecular flexibility index (Phi) is 2.45. The smallest absolute Gasteiger partial charge is 0.306 e. The van der Waals surface area contributed by atoms with Gasteiger partial charge in [-0.3, -0.25) is 4.79 Å². The molecule has 12 heavy (non-hydrogen) atoms. The first kappa shape index (κ1) is 9.56. The highest BCUT2D eigenvalue weighted by Crippen LogP contribution is 2.48. The van der Waals surface area contributed by atoms with Crippen LogP contribution in [0, 0.1) is 17.3 Å². The second kappa shape index (κ2) is 3.08. The monoisotopic (exact) mass is 170 g/mol. The zero-order valence-corrected chi connectivity index (χ0v) is 8.13. The molecule has 3 atom stereocenters. The van der Waals surface area contributed by atoms with Gasteiger partial charge < -0.3 is 5.11 Å². The second-order valence-corrected chi connectivity index (χ2v) is 4.36. The fourth-order valence-electron chi connectivity index (χ4n) is 2.29. The summed E-state index contributed by atoms with van der Waals surface area (Å²) in [5.74, 6) is -0.287. The van der Waals surface area contributed by atoms with Gasteiger partial charge in [0.25, 0.3) is 0 Å². The molecule has 0 spiro atoms. The van der Waals surface area contributed by atoms with Crippen molar-refractivity contribution in [1.82, 2.24) is 0 Å². The first-order valence-corrected chi connectivity index (χ1v) is 4.71. The molecule has 0 aromatic heterocycles. The van der Waals surface area contributed by atoms with Gasteiger partial charge in [-0.2, -0.15) is 0 Å². The zero-order chi connectivity index (χ0) is 9.35. The summed E-state index contributed by atoms with van der Waals surface area (Å²) in [6.45, 7) is 6.13. The first-order chi connectivity index (χ1) is 5.48. The minimum absolute atomic E-state index is 0.0336. The van der Waals surface area contributed by atoms with E-state index in [1.165, 1.54) is 12.8 Å². The molecule has 0 amide bonds. The Hall–Kier alpha value is -0.530. The van der Waals surface area contributed by atoms with E-state index >= 15 is 0 Å². The van der Waals surface area contributed by atoms with Gasteiger partial charge in [0.2, 0.25) is 0 Å². The highest BCUT2D eigenvalue weighted by atomic mass is 16.4. The molecule has 0 radical (unpaired) electrons. The summed E-state index contributed by atoms with van der Waals surface area (Å²) >= 11 is 0. The average molecular weight is 170 g/mol. The number of hydrogen-bond donors (Lipinski definition) is 1. The van der Waals surface area contributed by atoms with Crippen LogP contribution >= 0.6 is 0 Å². The van der Waals surface area contributed by atoms with Gasteiger partial charge in [-0.15, -0.1) is 0 Å². The van der Waals surface area contributed by atoms with Crippen LogP contribution in [-0.2, 0) is 4.79 Å². The van der Waals surface area contributed by atoms with Gasteiger partial charge in [0.15, 0.2) is 0 Å². The maximum absolute atomic E-state index is 10.8. The summed E-state index contributed by atoms with van der Waals surface area (Å²) < 4.78 is 0. The molecule has 1 aliphatic carbocycles. The van der Waals surface area contributed by atoms with E-state index in [4.69, 9.17) is 5.11 Å². The van der Waals surface area contributed by atoms with Crippen molar-refractivity contribution < 1.29 is 9.90 Å². The van der Waals surface area contributed by atoms with Gasteiger partial charge in [-0.05, 0) is 17.8 Å². The predicted molar refractivity (Wildman–Crippen MR) is 47.9 cm³/mol. The third-order valence-electron chi connectivity index (χ3n) is 3.84. The van der Waals surface area contributed by atoms with Crippen molar-refractivity contribution in [1.29, 1.82) is 0 Å². The zero-order valence-electron chi connectivity index (χ0n) is 8.13. The Morgan fingerprint density at radius 2 is 2.25 bits per heavy atom. The highest BCUT2D eigenvalue weighted by Gasteiger charge is 2.43. The third kappa shape index (κ3) is 1.35. The van der Waals surface area contributed by atoms with Gasteiger partial charge in [0.05, 0.1) is 5.92 Å². The molecule has 0 aromatic carbocycles. The second-order valence-electron chi connectivity index (χ2n) is 4.36. The lowest BCUT2D eigenvalue weighted by Gasteiger charge is -2.33. The number of carboxylic acid groups (broad SMARTS) is 1. The van der Waals surface area contributed by atoms with Crippen LogP contribution < -0.4 is 0 Å². The number of aliphatic carboxylic acids is 1. The Morgan fingerprint density at radius 3 is 2.58 bits per heavy atom. The number of hydrogen-bond acceptors (Lipinski definition) is 1. The van der Waals surface area contributed by atoms with E-state index in [1.54, 1.807) is 0 Å². The van der Waals surface area contributed by atoms with E-state index in [-0.39, 0.29) is 11.3 Å². The normalized spacial score (nSPS) is 38.1. The molecule has 1 fully saturated rings. The standard InChI is InChI=1S/C10H18O2/c1-7-5-4-6-10(7,3)8(2)9(11)12/h7-8H,4-6H2,1-3H3,(H,11,12). The predicted octanol–water partition coefficient (Wildman–Crippen LogP) is 2.53. The van der Waals surface area contributed by atoms with Crippen LogP contribution in [0.2, 0.25) is 0 Å². The summed E-state index contributed by atoms with van der Waals surface area (Å²) in [7, 11) is 0. The maximum atomic E-state index is 10.8. The Morgan fingerprint density at radius 1 is 1.67 bits per heavy atom. The quantitative estimate of drug-likeness (QED) is 0.691. The molecule has 70 valence electrons. The van der Waals surface area contributed by atoms with E-state index in [1.807, 2.05) is 6.92 Å². The molecule has 0 heterocycles. The van der Waals surface area contributed by atoms with Crippen molar-refractivity contribution in [2.24, 2.45) is 17.3 Å². The molecule has 1 aliphatic rings. The van der Waals surface area contributed by atoms with Crippen LogP contribution in [0.5, 0.6) is 0 Å². The lowest BCUT2D eigenvalue weighted by atomic mass is 9.71. The van der Waals surface area contributed by atoms with Gasteiger partial charge >= 0.3 is 5.97 Å². The molecule has 1 rings (SSSR count). The summed E-state index contributed by atoms with van der Waals surface area (Å²) in [5.41, 5.74) is 0.0336. The SMILES string of the molecule is CC1CCCC1(C)C(C)C(=O)O. The molecule has 1 N–H and O–H groups in total. The van der Waals surface area contributed by atoms with Crippen LogP contribution in [0.25, 0.3) is 0 Å².